The summed E-state index contributed by atoms with van der Waals surface area (Å²) in [4.78, 5) is 14.4. The van der Waals surface area contributed by atoms with Gasteiger partial charge in [0.2, 0.25) is 5.89 Å². The van der Waals surface area contributed by atoms with Crippen LogP contribution in [0.2, 0.25) is 0 Å². The normalized spacial score (nSPS) is 10.9. The van der Waals surface area contributed by atoms with Crippen LogP contribution in [0.3, 0.4) is 0 Å². The Kier molecular flexibility index (Phi) is 2.71. The number of nitrogens with zero attached hydrogens (tertiary/aromatic N) is 2. The van der Waals surface area contributed by atoms with Crippen molar-refractivity contribution < 1.29 is 13.7 Å². The molecule has 1 aromatic heterocycles. The zero-order valence-corrected chi connectivity index (χ0v) is 10.5. The number of rotatable bonds is 2. The van der Waals surface area contributed by atoms with Gasteiger partial charge in [-0.1, -0.05) is 12.1 Å². The second-order valence-corrected chi connectivity index (χ2v) is 4.36. The summed E-state index contributed by atoms with van der Waals surface area (Å²) in [5.41, 5.74) is 1.80. The number of hydrogen-bond acceptors (Lipinski definition) is 4. The van der Waals surface area contributed by atoms with Crippen molar-refractivity contribution in [3.8, 4) is 11.5 Å². The van der Waals surface area contributed by atoms with Crippen molar-refractivity contribution in [3.63, 3.8) is 0 Å². The third-order valence-corrected chi connectivity index (χ3v) is 3.01. The second-order valence-electron chi connectivity index (χ2n) is 4.36. The molecule has 0 spiro atoms. The fourth-order valence-electron chi connectivity index (χ4n) is 1.99. The van der Waals surface area contributed by atoms with Gasteiger partial charge in [-0.2, -0.15) is 0 Å². The van der Waals surface area contributed by atoms with Gasteiger partial charge < -0.3 is 4.42 Å². The monoisotopic (exact) mass is 272 g/mol. The predicted molar refractivity (Wildman–Crippen MR) is 70.8 cm³/mol. The van der Waals surface area contributed by atoms with Crippen LogP contribution in [0.15, 0.2) is 40.8 Å². The molecule has 3 aromatic rings. The van der Waals surface area contributed by atoms with E-state index in [0.717, 1.165) is 23.8 Å². The number of nitro groups is 1. The SMILES string of the molecule is Cc1cccc2oc(-c3cc([N+](=O)[O-])ccc3F)nc12. The summed E-state index contributed by atoms with van der Waals surface area (Å²) in [6, 6.07) is 8.64. The van der Waals surface area contributed by atoms with E-state index in [2.05, 4.69) is 4.98 Å². The number of benzene rings is 2. The number of halogens is 1. The van der Waals surface area contributed by atoms with Gasteiger partial charge in [-0.05, 0) is 24.6 Å². The summed E-state index contributed by atoms with van der Waals surface area (Å²) in [6.45, 7) is 1.86. The highest BCUT2D eigenvalue weighted by atomic mass is 19.1. The average Bonchev–Trinajstić information content (AvgIpc) is 2.84. The van der Waals surface area contributed by atoms with E-state index in [0.29, 0.717) is 11.1 Å². The topological polar surface area (TPSA) is 69.2 Å². The highest BCUT2D eigenvalue weighted by Crippen LogP contribution is 2.30. The van der Waals surface area contributed by atoms with Crippen LogP contribution in [-0.4, -0.2) is 9.91 Å². The molecule has 0 amide bonds. The molecule has 5 nitrogen and oxygen atoms in total. The average molecular weight is 272 g/mol. The van der Waals surface area contributed by atoms with Crippen LogP contribution in [0.5, 0.6) is 0 Å². The Hall–Kier alpha value is -2.76. The molecule has 0 saturated carbocycles. The lowest BCUT2D eigenvalue weighted by Crippen LogP contribution is -1.91. The maximum Gasteiger partial charge on any atom is 0.270 e. The van der Waals surface area contributed by atoms with E-state index < -0.39 is 10.7 Å². The van der Waals surface area contributed by atoms with E-state index in [1.807, 2.05) is 13.0 Å². The maximum absolute atomic E-state index is 13.8. The number of nitro benzene ring substituents is 1. The molecular weight excluding hydrogens is 263 g/mol. The van der Waals surface area contributed by atoms with Crippen molar-refractivity contribution in [2.75, 3.05) is 0 Å². The first-order valence-electron chi connectivity index (χ1n) is 5.87. The Labute approximate surface area is 112 Å². The molecule has 0 aliphatic carbocycles. The summed E-state index contributed by atoms with van der Waals surface area (Å²) in [5, 5.41) is 10.8. The van der Waals surface area contributed by atoms with Gasteiger partial charge in [0.1, 0.15) is 11.3 Å². The lowest BCUT2D eigenvalue weighted by Gasteiger charge is -1.97. The Bertz CT molecular complexity index is 826. The molecule has 0 N–H and O–H groups in total. The Balaban J connectivity index is 2.22. The van der Waals surface area contributed by atoms with Crippen molar-refractivity contribution in [2.24, 2.45) is 0 Å². The maximum atomic E-state index is 13.8. The minimum Gasteiger partial charge on any atom is -0.436 e. The molecule has 1 heterocycles. The first-order chi connectivity index (χ1) is 9.56. The zero-order chi connectivity index (χ0) is 14.3. The predicted octanol–water partition coefficient (Wildman–Crippen LogP) is 3.85. The molecule has 0 bridgehead atoms. The fraction of sp³-hybridized carbons (Fsp3) is 0.0714. The van der Waals surface area contributed by atoms with Crippen LogP contribution in [0.25, 0.3) is 22.6 Å². The van der Waals surface area contributed by atoms with Gasteiger partial charge in [-0.25, -0.2) is 9.37 Å². The number of para-hydroxylation sites is 1. The fourth-order valence-corrected chi connectivity index (χ4v) is 1.99. The molecule has 0 unspecified atom stereocenters. The van der Waals surface area contributed by atoms with Gasteiger partial charge in [0.15, 0.2) is 5.58 Å². The summed E-state index contributed by atoms with van der Waals surface area (Å²) >= 11 is 0. The molecule has 0 saturated heterocycles. The lowest BCUT2D eigenvalue weighted by molar-refractivity contribution is -0.384. The van der Waals surface area contributed by atoms with Gasteiger partial charge in [0.05, 0.1) is 10.5 Å². The van der Waals surface area contributed by atoms with Crippen LogP contribution in [0.4, 0.5) is 10.1 Å². The lowest BCUT2D eigenvalue weighted by atomic mass is 10.2. The first-order valence-corrected chi connectivity index (χ1v) is 5.87. The molecule has 0 aliphatic rings. The number of fused-ring (bicyclic) bond motifs is 1. The highest BCUT2D eigenvalue weighted by Gasteiger charge is 2.17. The van der Waals surface area contributed by atoms with Crippen LogP contribution >= 0.6 is 0 Å². The third kappa shape index (κ3) is 1.91. The van der Waals surface area contributed by atoms with Crippen LogP contribution in [0.1, 0.15) is 5.56 Å². The van der Waals surface area contributed by atoms with Crippen molar-refractivity contribution in [1.82, 2.24) is 4.98 Å². The van der Waals surface area contributed by atoms with Gasteiger partial charge >= 0.3 is 0 Å². The Morgan fingerprint density at radius 3 is 2.80 bits per heavy atom. The molecule has 0 atom stereocenters. The summed E-state index contributed by atoms with van der Waals surface area (Å²) in [7, 11) is 0. The second kappa shape index (κ2) is 4.41. The number of aromatic nitrogens is 1. The van der Waals surface area contributed by atoms with Crippen molar-refractivity contribution in [2.45, 2.75) is 6.92 Å². The minimum atomic E-state index is -0.611. The van der Waals surface area contributed by atoms with E-state index in [9.17, 15) is 14.5 Å². The van der Waals surface area contributed by atoms with Gasteiger partial charge in [-0.15, -0.1) is 0 Å². The summed E-state index contributed by atoms with van der Waals surface area (Å²) in [6.07, 6.45) is 0. The molecule has 6 heteroatoms. The van der Waals surface area contributed by atoms with Gasteiger partial charge in [0, 0.05) is 12.1 Å². The van der Waals surface area contributed by atoms with Crippen molar-refractivity contribution >= 4 is 16.8 Å². The molecule has 20 heavy (non-hydrogen) atoms. The van der Waals surface area contributed by atoms with Crippen LogP contribution in [0, 0.1) is 22.9 Å². The molecule has 0 radical (unpaired) electrons. The molecular formula is C14H9FN2O3. The third-order valence-electron chi connectivity index (χ3n) is 3.01. The Morgan fingerprint density at radius 1 is 1.30 bits per heavy atom. The van der Waals surface area contributed by atoms with E-state index in [1.165, 1.54) is 0 Å². The molecule has 3 rings (SSSR count). The number of aryl methyl sites for hydroxylation is 1. The molecule has 0 aliphatic heterocycles. The largest absolute Gasteiger partial charge is 0.436 e. The van der Waals surface area contributed by atoms with Gasteiger partial charge in [0.25, 0.3) is 5.69 Å². The number of oxazole rings is 1. The Morgan fingerprint density at radius 2 is 2.10 bits per heavy atom. The quantitative estimate of drug-likeness (QED) is 0.524. The molecule has 2 aromatic carbocycles. The van der Waals surface area contributed by atoms with Crippen molar-refractivity contribution in [3.05, 3.63) is 57.9 Å². The van der Waals surface area contributed by atoms with E-state index in [4.69, 9.17) is 4.42 Å². The van der Waals surface area contributed by atoms with Crippen LogP contribution in [-0.2, 0) is 0 Å². The van der Waals surface area contributed by atoms with E-state index in [1.54, 1.807) is 12.1 Å². The minimum absolute atomic E-state index is 0.0187. The van der Waals surface area contributed by atoms with Gasteiger partial charge in [-0.3, -0.25) is 10.1 Å². The van der Waals surface area contributed by atoms with Crippen LogP contribution < -0.4 is 0 Å². The summed E-state index contributed by atoms with van der Waals surface area (Å²) in [5.74, 6) is -0.574. The van der Waals surface area contributed by atoms with Crippen molar-refractivity contribution in [1.29, 1.82) is 0 Å². The molecule has 0 fully saturated rings. The smallest absolute Gasteiger partial charge is 0.270 e. The summed E-state index contributed by atoms with van der Waals surface area (Å²) < 4.78 is 19.3. The van der Waals surface area contributed by atoms with E-state index >= 15 is 0 Å². The standard InChI is InChI=1S/C14H9FN2O3/c1-8-3-2-4-12-13(8)16-14(20-12)10-7-9(17(18)19)5-6-11(10)15/h2-7H,1H3. The molecule has 100 valence electrons. The zero-order valence-electron chi connectivity index (χ0n) is 10.5. The number of non-ortho nitro benzene ring substituents is 1. The van der Waals surface area contributed by atoms with E-state index in [-0.39, 0.29) is 17.1 Å². The number of hydrogen-bond donors (Lipinski definition) is 0. The first kappa shape index (κ1) is 12.3. The highest BCUT2D eigenvalue weighted by molar-refractivity contribution is 5.79.